The molecule has 120 valence electrons. The Labute approximate surface area is 136 Å². The predicted octanol–water partition coefficient (Wildman–Crippen LogP) is 3.24. The Morgan fingerprint density at radius 1 is 1.39 bits per heavy atom. The van der Waals surface area contributed by atoms with Crippen LogP contribution in [0, 0.1) is 11.8 Å². The molecule has 2 aliphatic carbocycles. The molecule has 1 N–H and O–H groups in total. The lowest BCUT2D eigenvalue weighted by Crippen LogP contribution is -2.36. The summed E-state index contributed by atoms with van der Waals surface area (Å²) in [4.78, 5) is 28.6. The molecule has 4 nitrogen and oxygen atoms in total. The molecule has 0 radical (unpaired) electrons. The first-order valence-electron chi connectivity index (χ1n) is 8.28. The second-order valence-electron chi connectivity index (χ2n) is 6.26. The van der Waals surface area contributed by atoms with Gasteiger partial charge in [-0.3, -0.25) is 9.59 Å². The minimum absolute atomic E-state index is 0.00806. The van der Waals surface area contributed by atoms with Gasteiger partial charge < -0.3 is 5.32 Å². The molecule has 23 heavy (non-hydrogen) atoms. The largest absolute Gasteiger partial charge is 0.325 e. The van der Waals surface area contributed by atoms with Crippen LogP contribution in [-0.4, -0.2) is 17.5 Å². The van der Waals surface area contributed by atoms with E-state index in [4.69, 9.17) is 0 Å². The van der Waals surface area contributed by atoms with Gasteiger partial charge in [0, 0.05) is 23.1 Å². The summed E-state index contributed by atoms with van der Waals surface area (Å²) in [5, 5.41) is 2.94. The average molecular weight is 310 g/mol. The van der Waals surface area contributed by atoms with Crippen LogP contribution in [0.25, 0.3) is 0 Å². The van der Waals surface area contributed by atoms with Gasteiger partial charge >= 0.3 is 0 Å². The molecule has 0 aromatic carbocycles. The van der Waals surface area contributed by atoms with Crippen molar-refractivity contribution in [1.82, 2.24) is 5.32 Å². The van der Waals surface area contributed by atoms with E-state index in [9.17, 15) is 9.59 Å². The summed E-state index contributed by atoms with van der Waals surface area (Å²) in [5.74, 6) is -0.0144. The quantitative estimate of drug-likeness (QED) is 0.796. The molecule has 3 aliphatic rings. The van der Waals surface area contributed by atoms with Gasteiger partial charge in [0.15, 0.2) is 0 Å². The minimum atomic E-state index is -0.0621. The summed E-state index contributed by atoms with van der Waals surface area (Å²) in [6.45, 7) is 3.99. The van der Waals surface area contributed by atoms with Gasteiger partial charge in [-0.1, -0.05) is 30.7 Å². The third-order valence-electron chi connectivity index (χ3n) is 4.78. The standard InChI is InChI=1S/C19H22N2O2/c1-3-15-12(2)16-10-9-14(11-17(16)21-19(15)23)20-18(22)13-7-5-4-6-8-13/h4-5,9-11,13,16H,3,6-8H2,1-2H3,(H,21,23). The average Bonchev–Trinajstić information content (AvgIpc) is 2.55. The highest BCUT2D eigenvalue weighted by molar-refractivity contribution is 6.11. The zero-order valence-electron chi connectivity index (χ0n) is 13.6. The zero-order valence-corrected chi connectivity index (χ0v) is 13.6. The molecule has 1 heterocycles. The van der Waals surface area contributed by atoms with E-state index in [2.05, 4.69) is 22.5 Å². The topological polar surface area (TPSA) is 58.5 Å². The van der Waals surface area contributed by atoms with Crippen LogP contribution in [0.5, 0.6) is 0 Å². The number of fused-ring (bicyclic) bond motifs is 1. The molecule has 2 unspecified atom stereocenters. The molecule has 0 spiro atoms. The van der Waals surface area contributed by atoms with Gasteiger partial charge in [-0.05, 0) is 44.8 Å². The van der Waals surface area contributed by atoms with Crippen LogP contribution in [0.3, 0.4) is 0 Å². The maximum atomic E-state index is 12.3. The van der Waals surface area contributed by atoms with Crippen LogP contribution in [-0.2, 0) is 9.59 Å². The summed E-state index contributed by atoms with van der Waals surface area (Å²) in [6, 6.07) is 0. The van der Waals surface area contributed by atoms with Crippen LogP contribution in [0.2, 0.25) is 0 Å². The monoisotopic (exact) mass is 310 g/mol. The third-order valence-corrected chi connectivity index (χ3v) is 4.78. The Kier molecular flexibility index (Phi) is 4.42. The van der Waals surface area contributed by atoms with Crippen LogP contribution >= 0.6 is 0 Å². The fourth-order valence-corrected chi connectivity index (χ4v) is 3.41. The number of rotatable bonds is 2. The number of carbonyl (C=O) groups is 2. The van der Waals surface area contributed by atoms with Crippen molar-refractivity contribution in [2.24, 2.45) is 16.8 Å². The van der Waals surface area contributed by atoms with Crippen molar-refractivity contribution in [2.75, 3.05) is 0 Å². The molecular formula is C19H22N2O2. The number of amides is 2. The zero-order chi connectivity index (χ0) is 16.4. The molecule has 0 saturated carbocycles. The van der Waals surface area contributed by atoms with E-state index in [-0.39, 0.29) is 23.7 Å². The second kappa shape index (κ2) is 6.49. The molecule has 2 atom stereocenters. The number of nitrogens with zero attached hydrogens (tertiary/aromatic N) is 1. The van der Waals surface area contributed by atoms with Crippen molar-refractivity contribution in [2.45, 2.75) is 39.5 Å². The molecule has 0 aromatic rings. The SMILES string of the molecule is CCC1=C(C)C2C=CC(=NC(=O)C3CC=CCC3)C=C2NC1=O. The lowest BCUT2D eigenvalue weighted by Gasteiger charge is -2.29. The van der Waals surface area contributed by atoms with Crippen molar-refractivity contribution >= 4 is 17.5 Å². The minimum Gasteiger partial charge on any atom is -0.325 e. The number of aliphatic imine (C=N–C) groups is 1. The molecule has 3 rings (SSSR count). The van der Waals surface area contributed by atoms with Crippen LogP contribution in [0.4, 0.5) is 0 Å². The summed E-state index contributed by atoms with van der Waals surface area (Å²) >= 11 is 0. The van der Waals surface area contributed by atoms with Crippen molar-refractivity contribution in [3.05, 3.63) is 47.2 Å². The van der Waals surface area contributed by atoms with Gasteiger partial charge in [-0.2, -0.15) is 0 Å². The molecule has 0 aromatic heterocycles. The van der Waals surface area contributed by atoms with Crippen LogP contribution in [0.1, 0.15) is 39.5 Å². The normalized spacial score (nSPS) is 28.5. The fourth-order valence-electron chi connectivity index (χ4n) is 3.41. The fraction of sp³-hybridized carbons (Fsp3) is 0.421. The van der Waals surface area contributed by atoms with Crippen molar-refractivity contribution in [3.8, 4) is 0 Å². The maximum absolute atomic E-state index is 12.3. The summed E-state index contributed by atoms with van der Waals surface area (Å²) < 4.78 is 0. The number of allylic oxidation sites excluding steroid dienone is 5. The van der Waals surface area contributed by atoms with E-state index in [1.54, 1.807) is 0 Å². The summed E-state index contributed by atoms with van der Waals surface area (Å²) in [6.07, 6.45) is 13.2. The predicted molar refractivity (Wildman–Crippen MR) is 90.8 cm³/mol. The molecule has 0 saturated heterocycles. The Morgan fingerprint density at radius 3 is 2.91 bits per heavy atom. The van der Waals surface area contributed by atoms with Gasteiger partial charge in [0.05, 0.1) is 5.71 Å². The maximum Gasteiger partial charge on any atom is 0.251 e. The highest BCUT2D eigenvalue weighted by Gasteiger charge is 2.29. The van der Waals surface area contributed by atoms with Crippen LogP contribution < -0.4 is 5.32 Å². The van der Waals surface area contributed by atoms with Crippen molar-refractivity contribution in [3.63, 3.8) is 0 Å². The first-order chi connectivity index (χ1) is 11.1. The van der Waals surface area contributed by atoms with E-state index >= 15 is 0 Å². The van der Waals surface area contributed by atoms with Gasteiger partial charge in [0.25, 0.3) is 5.91 Å². The van der Waals surface area contributed by atoms with Gasteiger partial charge in [-0.25, -0.2) is 4.99 Å². The molecule has 2 amide bonds. The molecular weight excluding hydrogens is 288 g/mol. The Morgan fingerprint density at radius 2 is 2.22 bits per heavy atom. The van der Waals surface area contributed by atoms with Gasteiger partial charge in [0.2, 0.25) is 5.91 Å². The smallest absolute Gasteiger partial charge is 0.251 e. The van der Waals surface area contributed by atoms with Crippen LogP contribution in [0.15, 0.2) is 52.2 Å². The first-order valence-corrected chi connectivity index (χ1v) is 8.28. The highest BCUT2D eigenvalue weighted by atomic mass is 16.2. The van der Waals surface area contributed by atoms with Crippen molar-refractivity contribution < 1.29 is 9.59 Å². The Balaban J connectivity index is 1.82. The van der Waals surface area contributed by atoms with Gasteiger partial charge in [0.1, 0.15) is 0 Å². The Hall–Kier alpha value is -2.23. The summed E-state index contributed by atoms with van der Waals surface area (Å²) in [5.41, 5.74) is 3.38. The second-order valence-corrected chi connectivity index (χ2v) is 6.26. The number of hydrogen-bond donors (Lipinski definition) is 1. The Bertz CT molecular complexity index is 692. The van der Waals surface area contributed by atoms with E-state index in [1.807, 2.05) is 32.1 Å². The van der Waals surface area contributed by atoms with E-state index in [1.165, 1.54) is 0 Å². The van der Waals surface area contributed by atoms with E-state index < -0.39 is 0 Å². The number of nitrogens with one attached hydrogen (secondary N) is 1. The number of hydrogen-bond acceptors (Lipinski definition) is 2. The molecule has 0 fully saturated rings. The summed E-state index contributed by atoms with van der Waals surface area (Å²) in [7, 11) is 0. The number of carbonyl (C=O) groups excluding carboxylic acids is 2. The molecule has 1 aliphatic heterocycles. The first kappa shape index (κ1) is 15.7. The molecule has 4 heteroatoms. The van der Waals surface area contributed by atoms with Crippen molar-refractivity contribution in [1.29, 1.82) is 0 Å². The lowest BCUT2D eigenvalue weighted by molar-refractivity contribution is -0.121. The van der Waals surface area contributed by atoms with Gasteiger partial charge in [-0.15, -0.1) is 0 Å². The highest BCUT2D eigenvalue weighted by Crippen LogP contribution is 2.31. The lowest BCUT2D eigenvalue weighted by atomic mass is 9.84. The van der Waals surface area contributed by atoms with E-state index in [0.29, 0.717) is 5.71 Å². The van der Waals surface area contributed by atoms with E-state index in [0.717, 1.165) is 42.5 Å². The third kappa shape index (κ3) is 3.11. The molecule has 0 bridgehead atoms.